The van der Waals surface area contributed by atoms with Crippen molar-refractivity contribution in [2.24, 2.45) is 11.1 Å². The highest BCUT2D eigenvalue weighted by molar-refractivity contribution is 7.97. The first kappa shape index (κ1) is 14.2. The summed E-state index contributed by atoms with van der Waals surface area (Å²) in [4.78, 5) is 1.15. The van der Waals surface area contributed by atoms with Crippen molar-refractivity contribution in [2.75, 3.05) is 0 Å². The average Bonchev–Trinajstić information content (AvgIpc) is 2.46. The Balaban J connectivity index is 1.76. The van der Waals surface area contributed by atoms with E-state index in [0.29, 0.717) is 0 Å². The van der Waals surface area contributed by atoms with E-state index in [0.717, 1.165) is 22.9 Å². The second-order valence-electron chi connectivity index (χ2n) is 6.18. The molecule has 0 aliphatic carbocycles. The molecular weight excluding hydrogens is 264 g/mol. The average molecular weight is 288 g/mol. The van der Waals surface area contributed by atoms with Gasteiger partial charge in [0.25, 0.3) is 0 Å². The van der Waals surface area contributed by atoms with Crippen molar-refractivity contribution in [2.45, 2.75) is 55.5 Å². The van der Waals surface area contributed by atoms with Crippen LogP contribution < -0.4 is 10.5 Å². The molecule has 3 rings (SSSR count). The summed E-state index contributed by atoms with van der Waals surface area (Å²) in [5.41, 5.74) is 2.66. The fourth-order valence-corrected chi connectivity index (χ4v) is 4.46. The van der Waals surface area contributed by atoms with Gasteiger partial charge in [0.2, 0.25) is 0 Å². The lowest BCUT2D eigenvalue weighted by molar-refractivity contribution is 0.185. The molecule has 0 amide bonds. The van der Waals surface area contributed by atoms with Crippen molar-refractivity contribution in [3.8, 4) is 0 Å². The van der Waals surface area contributed by atoms with Crippen LogP contribution in [0.25, 0.3) is 6.08 Å². The van der Waals surface area contributed by atoms with E-state index in [1.54, 1.807) is 0 Å². The highest BCUT2D eigenvalue weighted by atomic mass is 32.2. The summed E-state index contributed by atoms with van der Waals surface area (Å²) in [6.07, 6.45) is 9.92. The zero-order chi connectivity index (χ0) is 13.9. The van der Waals surface area contributed by atoms with Crippen LogP contribution in [0.2, 0.25) is 0 Å². The highest BCUT2D eigenvalue weighted by Gasteiger charge is 2.31. The molecule has 108 valence electrons. The number of hydrogen-bond acceptors (Lipinski definition) is 3. The van der Waals surface area contributed by atoms with Gasteiger partial charge in [-0.1, -0.05) is 31.2 Å². The SMILES string of the molecule is C=Cc1c(CC2C[C@H]3CCC[C@@H](C2)N3)cccc1SN. The zero-order valence-electron chi connectivity index (χ0n) is 12.0. The van der Waals surface area contributed by atoms with Gasteiger partial charge >= 0.3 is 0 Å². The van der Waals surface area contributed by atoms with Gasteiger partial charge < -0.3 is 5.32 Å². The number of benzene rings is 1. The van der Waals surface area contributed by atoms with E-state index in [4.69, 9.17) is 5.14 Å². The van der Waals surface area contributed by atoms with E-state index >= 15 is 0 Å². The van der Waals surface area contributed by atoms with Crippen molar-refractivity contribution in [3.63, 3.8) is 0 Å². The number of nitrogens with two attached hydrogens (primary N) is 1. The van der Waals surface area contributed by atoms with Crippen LogP contribution in [0, 0.1) is 5.92 Å². The van der Waals surface area contributed by atoms with Crippen LogP contribution in [-0.4, -0.2) is 12.1 Å². The Morgan fingerprint density at radius 3 is 2.70 bits per heavy atom. The van der Waals surface area contributed by atoms with Crippen LogP contribution in [0.1, 0.15) is 43.2 Å². The second-order valence-corrected chi connectivity index (χ2v) is 6.86. The third-order valence-electron chi connectivity index (χ3n) is 4.81. The molecule has 2 fully saturated rings. The first-order chi connectivity index (χ1) is 9.80. The van der Waals surface area contributed by atoms with Crippen molar-refractivity contribution in [1.29, 1.82) is 0 Å². The largest absolute Gasteiger partial charge is 0.311 e. The quantitative estimate of drug-likeness (QED) is 0.829. The van der Waals surface area contributed by atoms with Crippen molar-refractivity contribution in [3.05, 3.63) is 35.9 Å². The molecule has 0 radical (unpaired) electrons. The van der Waals surface area contributed by atoms with E-state index in [1.807, 2.05) is 6.08 Å². The molecule has 2 heterocycles. The Hall–Kier alpha value is -0.770. The summed E-state index contributed by atoms with van der Waals surface area (Å²) in [6.45, 7) is 3.97. The van der Waals surface area contributed by atoms with Crippen LogP contribution in [0.3, 0.4) is 0 Å². The first-order valence-corrected chi connectivity index (χ1v) is 8.55. The lowest BCUT2D eigenvalue weighted by Crippen LogP contribution is -2.48. The Morgan fingerprint density at radius 2 is 2.05 bits per heavy atom. The topological polar surface area (TPSA) is 38.0 Å². The first-order valence-electron chi connectivity index (χ1n) is 7.67. The maximum atomic E-state index is 5.76. The monoisotopic (exact) mass is 288 g/mol. The molecule has 3 atom stereocenters. The minimum Gasteiger partial charge on any atom is -0.311 e. The van der Waals surface area contributed by atoms with Crippen LogP contribution in [0.4, 0.5) is 0 Å². The molecule has 0 saturated carbocycles. The minimum absolute atomic E-state index is 0.756. The summed E-state index contributed by atoms with van der Waals surface area (Å²) < 4.78 is 0. The smallest absolute Gasteiger partial charge is 0.0300 e. The predicted octanol–water partition coefficient (Wildman–Crippen LogP) is 3.76. The molecule has 2 aliphatic rings. The summed E-state index contributed by atoms with van der Waals surface area (Å²) in [7, 11) is 0. The fraction of sp³-hybridized carbons (Fsp3) is 0.529. The Labute approximate surface area is 126 Å². The summed E-state index contributed by atoms with van der Waals surface area (Å²) in [5.74, 6) is 0.809. The molecule has 2 saturated heterocycles. The third-order valence-corrected chi connectivity index (χ3v) is 5.42. The number of rotatable bonds is 4. The number of fused-ring (bicyclic) bond motifs is 2. The van der Waals surface area contributed by atoms with Crippen LogP contribution in [-0.2, 0) is 6.42 Å². The Bertz CT molecular complexity index is 474. The number of piperidine rings is 2. The van der Waals surface area contributed by atoms with Crippen molar-refractivity contribution in [1.82, 2.24) is 5.32 Å². The minimum atomic E-state index is 0.756. The molecule has 2 aliphatic heterocycles. The van der Waals surface area contributed by atoms with Crippen LogP contribution in [0.15, 0.2) is 29.7 Å². The predicted molar refractivity (Wildman–Crippen MR) is 87.6 cm³/mol. The molecular formula is C17H24N2S. The van der Waals surface area contributed by atoms with Gasteiger partial charge in [-0.3, -0.25) is 5.14 Å². The van der Waals surface area contributed by atoms with Gasteiger partial charge in [0.15, 0.2) is 0 Å². The van der Waals surface area contributed by atoms with E-state index < -0.39 is 0 Å². The summed E-state index contributed by atoms with van der Waals surface area (Å²) in [5, 5.41) is 9.54. The third kappa shape index (κ3) is 2.95. The van der Waals surface area contributed by atoms with Crippen LogP contribution in [0.5, 0.6) is 0 Å². The Morgan fingerprint density at radius 1 is 1.30 bits per heavy atom. The standard InChI is InChI=1S/C17H24N2S/c1-2-16-13(5-3-8-17(16)20-18)9-12-10-14-6-4-7-15(11-12)19-14/h2-3,5,8,12,14-15,19H,1,4,6-7,9-11,18H2/t12?,14-,15+. The zero-order valence-corrected chi connectivity index (χ0v) is 12.8. The normalized spacial score (nSPS) is 29.1. The molecule has 0 aromatic heterocycles. The van der Waals surface area contributed by atoms with E-state index in [9.17, 15) is 0 Å². The fourth-order valence-electron chi connectivity index (χ4n) is 3.96. The van der Waals surface area contributed by atoms with Gasteiger partial charge in [0.05, 0.1) is 0 Å². The molecule has 2 bridgehead atoms. The Kier molecular flexibility index (Phi) is 4.49. The van der Waals surface area contributed by atoms with Gasteiger partial charge in [0.1, 0.15) is 0 Å². The van der Waals surface area contributed by atoms with E-state index in [-0.39, 0.29) is 0 Å². The lowest BCUT2D eigenvalue weighted by atomic mass is 9.77. The van der Waals surface area contributed by atoms with Gasteiger partial charge in [-0.2, -0.15) is 0 Å². The van der Waals surface area contributed by atoms with Gasteiger partial charge in [-0.15, -0.1) is 0 Å². The van der Waals surface area contributed by atoms with E-state index in [2.05, 4.69) is 30.1 Å². The molecule has 3 heteroatoms. The van der Waals surface area contributed by atoms with Crippen molar-refractivity contribution < 1.29 is 0 Å². The van der Waals surface area contributed by atoms with Crippen LogP contribution >= 0.6 is 11.9 Å². The molecule has 20 heavy (non-hydrogen) atoms. The molecule has 2 nitrogen and oxygen atoms in total. The second kappa shape index (κ2) is 6.33. The number of nitrogens with one attached hydrogen (secondary N) is 1. The maximum absolute atomic E-state index is 5.76. The number of hydrogen-bond donors (Lipinski definition) is 2. The molecule has 1 aromatic carbocycles. The molecule has 1 unspecified atom stereocenters. The maximum Gasteiger partial charge on any atom is 0.0300 e. The molecule has 1 aromatic rings. The van der Waals surface area contributed by atoms with Gasteiger partial charge in [0, 0.05) is 17.0 Å². The summed E-state index contributed by atoms with van der Waals surface area (Å²) in [6, 6.07) is 7.97. The van der Waals surface area contributed by atoms with Gasteiger partial charge in [-0.25, -0.2) is 0 Å². The van der Waals surface area contributed by atoms with E-state index in [1.165, 1.54) is 61.6 Å². The van der Waals surface area contributed by atoms with Gasteiger partial charge in [-0.05, 0) is 67.2 Å². The van der Waals surface area contributed by atoms with Crippen molar-refractivity contribution >= 4 is 18.0 Å². The summed E-state index contributed by atoms with van der Waals surface area (Å²) >= 11 is 1.33. The highest BCUT2D eigenvalue weighted by Crippen LogP contribution is 2.33. The molecule has 0 spiro atoms. The lowest BCUT2D eigenvalue weighted by Gasteiger charge is -2.40. The molecule has 3 N–H and O–H groups in total.